The summed E-state index contributed by atoms with van der Waals surface area (Å²) in [5.41, 5.74) is 0. The Balaban J connectivity index is 1.83. The average Bonchev–Trinajstić information content (AvgIpc) is 2.63. The molecule has 102 valence electrons. The molecule has 0 aromatic carbocycles. The first kappa shape index (κ1) is 14.1. The standard InChI is InChI=1S/C13H22N2OS2/c1-11(15-10-6-7-12(15)16)18-13(17)14-8-4-2-3-5-9-14/h11H,2-10H2,1H3. The normalized spacial score (nSPS) is 23.1. The maximum absolute atomic E-state index is 11.7. The molecule has 5 heteroatoms. The fraction of sp³-hybridized carbons (Fsp3) is 0.846. The fourth-order valence-corrected chi connectivity index (χ4v) is 4.16. The quantitative estimate of drug-likeness (QED) is 0.728. The molecule has 0 saturated carbocycles. The molecule has 1 unspecified atom stereocenters. The van der Waals surface area contributed by atoms with Gasteiger partial charge in [0.05, 0.1) is 5.37 Å². The molecular weight excluding hydrogens is 264 g/mol. The van der Waals surface area contributed by atoms with E-state index in [1.54, 1.807) is 11.8 Å². The van der Waals surface area contributed by atoms with Gasteiger partial charge in [0.25, 0.3) is 0 Å². The van der Waals surface area contributed by atoms with Crippen molar-refractivity contribution in [2.75, 3.05) is 19.6 Å². The third-order valence-electron chi connectivity index (χ3n) is 3.68. The van der Waals surface area contributed by atoms with Gasteiger partial charge in [0.15, 0.2) is 0 Å². The van der Waals surface area contributed by atoms with Gasteiger partial charge in [0, 0.05) is 26.1 Å². The van der Waals surface area contributed by atoms with Crippen molar-refractivity contribution in [2.24, 2.45) is 0 Å². The molecule has 2 saturated heterocycles. The fourth-order valence-electron chi connectivity index (χ4n) is 2.59. The number of likely N-dealkylation sites (tertiary alicyclic amines) is 2. The topological polar surface area (TPSA) is 23.6 Å². The van der Waals surface area contributed by atoms with Crippen LogP contribution in [0.4, 0.5) is 0 Å². The molecule has 0 aromatic rings. The maximum atomic E-state index is 11.7. The van der Waals surface area contributed by atoms with Crippen LogP contribution in [0.3, 0.4) is 0 Å². The van der Waals surface area contributed by atoms with Gasteiger partial charge in [-0.05, 0) is 26.2 Å². The lowest BCUT2D eigenvalue weighted by molar-refractivity contribution is -0.128. The molecule has 2 rings (SSSR count). The molecule has 0 N–H and O–H groups in total. The lowest BCUT2D eigenvalue weighted by Gasteiger charge is -2.28. The summed E-state index contributed by atoms with van der Waals surface area (Å²) in [6, 6.07) is 0. The summed E-state index contributed by atoms with van der Waals surface area (Å²) in [6.45, 7) is 5.17. The number of hydrogen-bond donors (Lipinski definition) is 0. The number of rotatable bonds is 2. The smallest absolute Gasteiger partial charge is 0.223 e. The van der Waals surface area contributed by atoms with E-state index in [0.29, 0.717) is 6.42 Å². The van der Waals surface area contributed by atoms with Crippen molar-refractivity contribution >= 4 is 34.2 Å². The Morgan fingerprint density at radius 1 is 1.17 bits per heavy atom. The maximum Gasteiger partial charge on any atom is 0.223 e. The van der Waals surface area contributed by atoms with Crippen molar-refractivity contribution < 1.29 is 4.79 Å². The Kier molecular flexibility index (Phi) is 5.30. The molecule has 0 aromatic heterocycles. The van der Waals surface area contributed by atoms with E-state index in [1.165, 1.54) is 25.7 Å². The molecule has 2 heterocycles. The van der Waals surface area contributed by atoms with E-state index < -0.39 is 0 Å². The highest BCUT2D eigenvalue weighted by Gasteiger charge is 2.27. The Bertz CT molecular complexity index is 314. The van der Waals surface area contributed by atoms with Crippen LogP contribution in [0.5, 0.6) is 0 Å². The zero-order valence-corrected chi connectivity index (χ0v) is 12.7. The van der Waals surface area contributed by atoms with Gasteiger partial charge in [0.2, 0.25) is 5.91 Å². The van der Waals surface area contributed by atoms with E-state index in [2.05, 4.69) is 11.8 Å². The Morgan fingerprint density at radius 3 is 2.39 bits per heavy atom. The summed E-state index contributed by atoms with van der Waals surface area (Å²) in [6.07, 6.45) is 6.85. The van der Waals surface area contributed by atoms with Crippen molar-refractivity contribution in [1.29, 1.82) is 0 Å². The van der Waals surface area contributed by atoms with Crippen LogP contribution in [0.25, 0.3) is 0 Å². The van der Waals surface area contributed by atoms with Crippen LogP contribution in [-0.2, 0) is 4.79 Å². The van der Waals surface area contributed by atoms with Gasteiger partial charge in [-0.3, -0.25) is 4.79 Å². The number of thioether (sulfide) groups is 1. The minimum absolute atomic E-state index is 0.191. The van der Waals surface area contributed by atoms with Crippen LogP contribution in [0.15, 0.2) is 0 Å². The summed E-state index contributed by atoms with van der Waals surface area (Å²) in [5, 5.41) is 0.191. The van der Waals surface area contributed by atoms with Crippen LogP contribution >= 0.6 is 24.0 Å². The number of thiocarbonyl (C=S) groups is 1. The van der Waals surface area contributed by atoms with Gasteiger partial charge >= 0.3 is 0 Å². The number of nitrogens with zero attached hydrogens (tertiary/aromatic N) is 2. The molecule has 0 bridgehead atoms. The lowest BCUT2D eigenvalue weighted by Crippen LogP contribution is -2.36. The second-order valence-electron chi connectivity index (χ2n) is 5.08. The zero-order chi connectivity index (χ0) is 13.0. The molecule has 0 spiro atoms. The molecule has 3 nitrogen and oxygen atoms in total. The first-order valence-corrected chi connectivity index (χ1v) is 8.22. The molecule has 1 amide bonds. The van der Waals surface area contributed by atoms with E-state index in [-0.39, 0.29) is 11.3 Å². The molecule has 2 aliphatic rings. The van der Waals surface area contributed by atoms with E-state index in [0.717, 1.165) is 30.4 Å². The van der Waals surface area contributed by atoms with E-state index >= 15 is 0 Å². The van der Waals surface area contributed by atoms with Crippen LogP contribution in [0.2, 0.25) is 0 Å². The molecule has 18 heavy (non-hydrogen) atoms. The molecule has 2 fully saturated rings. The summed E-state index contributed by atoms with van der Waals surface area (Å²) in [7, 11) is 0. The number of carbonyl (C=O) groups is 1. The van der Waals surface area contributed by atoms with Gasteiger partial charge in [-0.1, -0.05) is 36.8 Å². The first-order valence-electron chi connectivity index (χ1n) is 6.93. The van der Waals surface area contributed by atoms with E-state index in [9.17, 15) is 4.79 Å². The van der Waals surface area contributed by atoms with Gasteiger partial charge < -0.3 is 9.80 Å². The minimum Gasteiger partial charge on any atom is -0.357 e. The largest absolute Gasteiger partial charge is 0.357 e. The monoisotopic (exact) mass is 286 g/mol. The van der Waals surface area contributed by atoms with Crippen LogP contribution in [0.1, 0.15) is 45.4 Å². The number of hydrogen-bond acceptors (Lipinski definition) is 3. The third kappa shape index (κ3) is 3.60. The second kappa shape index (κ2) is 6.75. The SMILES string of the molecule is CC(SC(=S)N1CCCCCC1)N1CCCC1=O. The molecule has 1 atom stereocenters. The highest BCUT2D eigenvalue weighted by atomic mass is 32.2. The summed E-state index contributed by atoms with van der Waals surface area (Å²) < 4.78 is 0.976. The summed E-state index contributed by atoms with van der Waals surface area (Å²) in [5.74, 6) is 0.286. The Morgan fingerprint density at radius 2 is 1.83 bits per heavy atom. The third-order valence-corrected chi connectivity index (χ3v) is 5.29. The van der Waals surface area contributed by atoms with Crippen LogP contribution in [0, 0.1) is 0 Å². The average molecular weight is 286 g/mol. The van der Waals surface area contributed by atoms with E-state index in [1.807, 2.05) is 4.90 Å². The molecule has 2 aliphatic heterocycles. The van der Waals surface area contributed by atoms with Crippen molar-refractivity contribution in [2.45, 2.75) is 50.8 Å². The summed E-state index contributed by atoms with van der Waals surface area (Å²) in [4.78, 5) is 16.0. The van der Waals surface area contributed by atoms with Gasteiger partial charge in [-0.25, -0.2) is 0 Å². The second-order valence-corrected chi connectivity index (χ2v) is 7.02. The van der Waals surface area contributed by atoms with E-state index in [4.69, 9.17) is 12.2 Å². The predicted molar refractivity (Wildman–Crippen MR) is 80.6 cm³/mol. The molecule has 0 aliphatic carbocycles. The number of carbonyl (C=O) groups excluding carboxylic acids is 1. The van der Waals surface area contributed by atoms with Gasteiger partial charge in [-0.15, -0.1) is 0 Å². The molecular formula is C13H22N2OS2. The van der Waals surface area contributed by atoms with Crippen molar-refractivity contribution in [3.05, 3.63) is 0 Å². The molecule has 0 radical (unpaired) electrons. The Labute approximate surface area is 119 Å². The lowest BCUT2D eigenvalue weighted by atomic mass is 10.2. The minimum atomic E-state index is 0.191. The first-order chi connectivity index (χ1) is 8.68. The Hall–Kier alpha value is -0.290. The predicted octanol–water partition coefficient (Wildman–Crippen LogP) is 2.85. The highest BCUT2D eigenvalue weighted by Crippen LogP contribution is 2.25. The van der Waals surface area contributed by atoms with Crippen molar-refractivity contribution in [3.8, 4) is 0 Å². The zero-order valence-electron chi connectivity index (χ0n) is 11.1. The summed E-state index contributed by atoms with van der Waals surface area (Å²) >= 11 is 7.21. The van der Waals surface area contributed by atoms with Crippen molar-refractivity contribution in [3.63, 3.8) is 0 Å². The van der Waals surface area contributed by atoms with Crippen molar-refractivity contribution in [1.82, 2.24) is 9.80 Å². The van der Waals surface area contributed by atoms with Crippen LogP contribution in [-0.4, -0.2) is 45.0 Å². The van der Waals surface area contributed by atoms with Gasteiger partial charge in [0.1, 0.15) is 4.32 Å². The number of amides is 1. The van der Waals surface area contributed by atoms with Gasteiger partial charge in [-0.2, -0.15) is 0 Å². The highest BCUT2D eigenvalue weighted by molar-refractivity contribution is 8.23. The van der Waals surface area contributed by atoms with Crippen LogP contribution < -0.4 is 0 Å².